The Morgan fingerprint density at radius 2 is 2.33 bits per heavy atom. The van der Waals surface area contributed by atoms with E-state index in [1.54, 1.807) is 11.3 Å². The molecule has 2 heterocycles. The number of nitrogens with one attached hydrogen (secondary N) is 1. The van der Waals surface area contributed by atoms with Crippen LogP contribution in [0.25, 0.3) is 0 Å². The Morgan fingerprint density at radius 3 is 2.83 bits per heavy atom. The van der Waals surface area contributed by atoms with Crippen molar-refractivity contribution in [3.05, 3.63) is 21.9 Å². The third kappa shape index (κ3) is 3.12. The monoisotopic (exact) mass is 266 g/mol. The van der Waals surface area contributed by atoms with Gasteiger partial charge >= 0.3 is 0 Å². The highest BCUT2D eigenvalue weighted by Crippen LogP contribution is 2.19. The zero-order chi connectivity index (χ0) is 13.1. The lowest BCUT2D eigenvalue weighted by molar-refractivity contribution is 0.0694. The number of carbonyl (C=O) groups is 1. The van der Waals surface area contributed by atoms with E-state index < -0.39 is 0 Å². The fourth-order valence-corrected chi connectivity index (χ4v) is 3.19. The lowest BCUT2D eigenvalue weighted by atomic mass is 10.2. The molecule has 1 aliphatic rings. The summed E-state index contributed by atoms with van der Waals surface area (Å²) in [4.78, 5) is 16.5. The number of amides is 1. The van der Waals surface area contributed by atoms with E-state index in [-0.39, 0.29) is 11.9 Å². The lowest BCUT2D eigenvalue weighted by Gasteiger charge is -2.29. The van der Waals surface area contributed by atoms with Crippen molar-refractivity contribution in [1.29, 1.82) is 0 Å². The molecule has 0 bridgehead atoms. The van der Waals surface area contributed by atoms with Crippen molar-refractivity contribution in [2.24, 2.45) is 0 Å². The van der Waals surface area contributed by atoms with Crippen molar-refractivity contribution in [3.8, 4) is 0 Å². The fourth-order valence-electron chi connectivity index (χ4n) is 2.37. The van der Waals surface area contributed by atoms with E-state index in [0.29, 0.717) is 6.04 Å². The Kier molecular flexibility index (Phi) is 4.40. The summed E-state index contributed by atoms with van der Waals surface area (Å²) in [5.41, 5.74) is 0. The van der Waals surface area contributed by atoms with Crippen LogP contribution in [0.15, 0.2) is 12.1 Å². The summed E-state index contributed by atoms with van der Waals surface area (Å²) in [5, 5.41) is 3.46. The maximum absolute atomic E-state index is 12.5. The molecule has 0 aromatic carbocycles. The van der Waals surface area contributed by atoms with Gasteiger partial charge in [-0.05, 0) is 52.3 Å². The van der Waals surface area contributed by atoms with Gasteiger partial charge in [-0.25, -0.2) is 0 Å². The van der Waals surface area contributed by atoms with Gasteiger partial charge in [0.1, 0.15) is 0 Å². The molecule has 2 rings (SSSR count). The van der Waals surface area contributed by atoms with E-state index in [4.69, 9.17) is 0 Å². The molecule has 3 nitrogen and oxygen atoms in total. The minimum absolute atomic E-state index is 0.178. The molecule has 0 spiro atoms. The number of hydrogen-bond acceptors (Lipinski definition) is 3. The smallest absolute Gasteiger partial charge is 0.264 e. The first-order chi connectivity index (χ1) is 8.58. The summed E-state index contributed by atoms with van der Waals surface area (Å²) in [6, 6.07) is 4.68. The van der Waals surface area contributed by atoms with Gasteiger partial charge in [0.15, 0.2) is 0 Å². The van der Waals surface area contributed by atoms with E-state index in [9.17, 15) is 4.79 Å². The molecule has 1 aromatic rings. The van der Waals surface area contributed by atoms with Crippen LogP contribution in [0, 0.1) is 6.92 Å². The molecule has 1 saturated heterocycles. The van der Waals surface area contributed by atoms with Crippen molar-refractivity contribution in [2.75, 3.05) is 13.1 Å². The van der Waals surface area contributed by atoms with Crippen molar-refractivity contribution < 1.29 is 4.79 Å². The molecule has 1 unspecified atom stereocenters. The van der Waals surface area contributed by atoms with Crippen LogP contribution in [0.3, 0.4) is 0 Å². The van der Waals surface area contributed by atoms with Crippen LogP contribution in [0.4, 0.5) is 0 Å². The average molecular weight is 266 g/mol. The summed E-state index contributed by atoms with van der Waals surface area (Å²) >= 11 is 1.59. The molecule has 0 aliphatic carbocycles. The molecule has 100 valence electrons. The summed E-state index contributed by atoms with van der Waals surface area (Å²) < 4.78 is 0. The van der Waals surface area contributed by atoms with Crippen LogP contribution in [-0.2, 0) is 0 Å². The van der Waals surface area contributed by atoms with Gasteiger partial charge in [-0.1, -0.05) is 0 Å². The quantitative estimate of drug-likeness (QED) is 0.908. The predicted molar refractivity (Wildman–Crippen MR) is 76.3 cm³/mol. The maximum Gasteiger partial charge on any atom is 0.264 e. The van der Waals surface area contributed by atoms with Crippen molar-refractivity contribution in [1.82, 2.24) is 10.2 Å². The molecule has 1 atom stereocenters. The van der Waals surface area contributed by atoms with E-state index in [1.807, 2.05) is 24.0 Å². The average Bonchev–Trinajstić information content (AvgIpc) is 2.95. The normalized spacial score (nSPS) is 19.4. The van der Waals surface area contributed by atoms with Gasteiger partial charge < -0.3 is 10.2 Å². The molecule has 1 aliphatic heterocycles. The van der Waals surface area contributed by atoms with Crippen LogP contribution >= 0.6 is 11.3 Å². The first-order valence-electron chi connectivity index (χ1n) is 6.68. The fraction of sp³-hybridized carbons (Fsp3) is 0.643. The number of rotatable bonds is 4. The third-order valence-electron chi connectivity index (χ3n) is 3.41. The van der Waals surface area contributed by atoms with Crippen molar-refractivity contribution in [3.63, 3.8) is 0 Å². The maximum atomic E-state index is 12.5. The lowest BCUT2D eigenvalue weighted by Crippen LogP contribution is -2.44. The van der Waals surface area contributed by atoms with E-state index >= 15 is 0 Å². The van der Waals surface area contributed by atoms with E-state index in [2.05, 4.69) is 19.2 Å². The van der Waals surface area contributed by atoms with E-state index in [0.717, 1.165) is 18.0 Å². The van der Waals surface area contributed by atoms with Gasteiger partial charge in [-0.2, -0.15) is 0 Å². The summed E-state index contributed by atoms with van der Waals surface area (Å²) in [6.07, 6.45) is 2.41. The summed E-state index contributed by atoms with van der Waals surface area (Å²) in [7, 11) is 0. The van der Waals surface area contributed by atoms with Gasteiger partial charge in [0, 0.05) is 23.5 Å². The van der Waals surface area contributed by atoms with Gasteiger partial charge in [0.2, 0.25) is 0 Å². The van der Waals surface area contributed by atoms with Crippen molar-refractivity contribution in [2.45, 2.75) is 45.7 Å². The minimum Gasteiger partial charge on any atom is -0.334 e. The first-order valence-corrected chi connectivity index (χ1v) is 7.50. The Morgan fingerprint density at radius 1 is 1.56 bits per heavy atom. The largest absolute Gasteiger partial charge is 0.334 e. The molecule has 1 aromatic heterocycles. The topological polar surface area (TPSA) is 32.3 Å². The highest BCUT2D eigenvalue weighted by atomic mass is 32.1. The van der Waals surface area contributed by atoms with Crippen LogP contribution < -0.4 is 5.32 Å². The molecule has 1 fully saturated rings. The highest BCUT2D eigenvalue weighted by molar-refractivity contribution is 7.13. The number of hydrogen-bond donors (Lipinski definition) is 1. The second kappa shape index (κ2) is 5.85. The SMILES string of the molecule is Cc1ccc(C(=O)N(CC2CCCN2)C(C)C)s1. The third-order valence-corrected chi connectivity index (χ3v) is 4.40. The Balaban J connectivity index is 2.06. The Labute approximate surface area is 113 Å². The number of thiophene rings is 1. The van der Waals surface area contributed by atoms with Gasteiger partial charge in [-0.15, -0.1) is 11.3 Å². The van der Waals surface area contributed by atoms with Crippen molar-refractivity contribution >= 4 is 17.2 Å². The second-order valence-electron chi connectivity index (χ2n) is 5.25. The number of carbonyl (C=O) groups excluding carboxylic acids is 1. The molecule has 4 heteroatoms. The minimum atomic E-state index is 0.178. The van der Waals surface area contributed by atoms with Crippen LogP contribution in [-0.4, -0.2) is 36.0 Å². The second-order valence-corrected chi connectivity index (χ2v) is 6.54. The molecule has 1 amide bonds. The zero-order valence-electron chi connectivity index (χ0n) is 11.4. The Hall–Kier alpha value is -0.870. The van der Waals surface area contributed by atoms with Crippen LogP contribution in [0.1, 0.15) is 41.2 Å². The Bertz CT molecular complexity index is 408. The number of aryl methyl sites for hydroxylation is 1. The summed E-state index contributed by atoms with van der Waals surface area (Å²) in [5.74, 6) is 0.178. The predicted octanol–water partition coefficient (Wildman–Crippen LogP) is 2.66. The molecule has 0 saturated carbocycles. The van der Waals surface area contributed by atoms with Crippen LogP contribution in [0.2, 0.25) is 0 Å². The van der Waals surface area contributed by atoms with Gasteiger partial charge in [0.05, 0.1) is 4.88 Å². The molecular formula is C14H22N2OS. The van der Waals surface area contributed by atoms with Gasteiger partial charge in [-0.3, -0.25) is 4.79 Å². The number of nitrogens with zero attached hydrogens (tertiary/aromatic N) is 1. The zero-order valence-corrected chi connectivity index (χ0v) is 12.2. The first kappa shape index (κ1) is 13.6. The highest BCUT2D eigenvalue weighted by Gasteiger charge is 2.24. The molecular weight excluding hydrogens is 244 g/mol. The molecule has 18 heavy (non-hydrogen) atoms. The molecule has 1 N–H and O–H groups in total. The molecule has 0 radical (unpaired) electrons. The summed E-state index contributed by atoms with van der Waals surface area (Å²) in [6.45, 7) is 8.14. The van der Waals surface area contributed by atoms with Gasteiger partial charge in [0.25, 0.3) is 5.91 Å². The van der Waals surface area contributed by atoms with Crippen LogP contribution in [0.5, 0.6) is 0 Å². The standard InChI is InChI=1S/C14H22N2OS/c1-10(2)16(9-12-5-4-8-15-12)14(17)13-7-6-11(3)18-13/h6-7,10,12,15H,4-5,8-9H2,1-3H3. The van der Waals surface area contributed by atoms with E-state index in [1.165, 1.54) is 17.7 Å².